The van der Waals surface area contributed by atoms with Crippen LogP contribution in [0, 0.1) is 0 Å². The lowest BCUT2D eigenvalue weighted by Crippen LogP contribution is -2.37. The van der Waals surface area contributed by atoms with Crippen molar-refractivity contribution in [1.29, 1.82) is 0 Å². The molecule has 2 heterocycles. The van der Waals surface area contributed by atoms with Gasteiger partial charge in [-0.25, -0.2) is 0 Å². The van der Waals surface area contributed by atoms with E-state index < -0.39 is 6.10 Å². The van der Waals surface area contributed by atoms with Gasteiger partial charge >= 0.3 is 0 Å². The Morgan fingerprint density at radius 1 is 1.46 bits per heavy atom. The molecule has 2 saturated heterocycles. The second-order valence-corrected chi connectivity index (χ2v) is 4.40. The molecule has 4 atom stereocenters. The molecule has 0 aromatic heterocycles. The van der Waals surface area contributed by atoms with E-state index in [9.17, 15) is 5.11 Å². The van der Waals surface area contributed by atoms with Crippen LogP contribution in [0.4, 0.5) is 0 Å². The van der Waals surface area contributed by atoms with E-state index >= 15 is 0 Å². The molecule has 2 unspecified atom stereocenters. The lowest BCUT2D eigenvalue weighted by molar-refractivity contribution is -0.116. The molecule has 76 valence electrons. The first-order chi connectivity index (χ1) is 6.12. The monoisotopic (exact) mass is 186 g/mol. The van der Waals surface area contributed by atoms with Crippen LogP contribution in [0.2, 0.25) is 0 Å². The van der Waals surface area contributed by atoms with Crippen molar-refractivity contribution in [1.82, 2.24) is 0 Å². The molecule has 2 aliphatic rings. The largest absolute Gasteiger partial charge is 0.390 e. The molecule has 0 spiro atoms. The van der Waals surface area contributed by atoms with E-state index in [1.54, 1.807) is 6.92 Å². The third kappa shape index (κ3) is 1.60. The second kappa shape index (κ2) is 3.23. The average Bonchev–Trinajstić information content (AvgIpc) is 2.42. The third-order valence-corrected chi connectivity index (χ3v) is 3.29. The molecule has 0 amide bonds. The molecule has 0 aliphatic carbocycles. The van der Waals surface area contributed by atoms with Gasteiger partial charge in [-0.1, -0.05) is 0 Å². The summed E-state index contributed by atoms with van der Waals surface area (Å²) in [5, 5.41) is 9.58. The molecular formula is C10H18O3. The van der Waals surface area contributed by atoms with Crippen LogP contribution in [0.15, 0.2) is 0 Å². The van der Waals surface area contributed by atoms with Gasteiger partial charge in [-0.05, 0) is 26.7 Å². The highest BCUT2D eigenvalue weighted by atomic mass is 16.6. The Morgan fingerprint density at radius 3 is 2.85 bits per heavy atom. The van der Waals surface area contributed by atoms with Gasteiger partial charge in [0.2, 0.25) is 0 Å². The predicted octanol–water partition coefficient (Wildman–Crippen LogP) is 1.09. The number of aliphatic hydroxyl groups excluding tert-OH is 1. The van der Waals surface area contributed by atoms with Gasteiger partial charge in [0.25, 0.3) is 0 Å². The molecule has 2 aliphatic heterocycles. The van der Waals surface area contributed by atoms with Crippen molar-refractivity contribution in [3.05, 3.63) is 0 Å². The number of aliphatic hydroxyl groups is 1. The summed E-state index contributed by atoms with van der Waals surface area (Å²) in [6, 6.07) is 0. The minimum atomic E-state index is -0.415. The highest BCUT2D eigenvalue weighted by Crippen LogP contribution is 2.38. The van der Waals surface area contributed by atoms with Crippen LogP contribution in [0.3, 0.4) is 0 Å². The third-order valence-electron chi connectivity index (χ3n) is 3.29. The maximum atomic E-state index is 9.58. The van der Waals surface area contributed by atoms with Crippen LogP contribution in [-0.4, -0.2) is 35.6 Å². The van der Waals surface area contributed by atoms with Gasteiger partial charge in [0.05, 0.1) is 23.9 Å². The molecule has 3 heteroatoms. The van der Waals surface area contributed by atoms with Gasteiger partial charge < -0.3 is 14.6 Å². The quantitative estimate of drug-likeness (QED) is 0.666. The molecule has 1 N–H and O–H groups in total. The van der Waals surface area contributed by atoms with Gasteiger partial charge in [-0.15, -0.1) is 0 Å². The van der Waals surface area contributed by atoms with E-state index in [1.807, 2.05) is 6.92 Å². The highest BCUT2D eigenvalue weighted by molar-refractivity contribution is 4.96. The van der Waals surface area contributed by atoms with Gasteiger partial charge in [-0.3, -0.25) is 0 Å². The molecule has 0 bridgehead atoms. The smallest absolute Gasteiger partial charge is 0.0940 e. The molecule has 0 radical (unpaired) electrons. The number of hydrogen-bond acceptors (Lipinski definition) is 3. The molecule has 2 rings (SSSR count). The normalized spacial score (nSPS) is 47.3. The SMILES string of the molecule is C[C@H](O)[C@]1(C)CC2OCCCC2O1. The van der Waals surface area contributed by atoms with Crippen molar-refractivity contribution in [2.75, 3.05) is 6.61 Å². The van der Waals surface area contributed by atoms with E-state index in [1.165, 1.54) is 0 Å². The van der Waals surface area contributed by atoms with Gasteiger partial charge in [0.15, 0.2) is 0 Å². The number of ether oxygens (including phenoxy) is 2. The first kappa shape index (κ1) is 9.44. The second-order valence-electron chi connectivity index (χ2n) is 4.40. The maximum Gasteiger partial charge on any atom is 0.0940 e. The Kier molecular flexibility index (Phi) is 2.34. The van der Waals surface area contributed by atoms with E-state index in [4.69, 9.17) is 9.47 Å². The molecule has 0 saturated carbocycles. The van der Waals surface area contributed by atoms with Crippen molar-refractivity contribution >= 4 is 0 Å². The molecule has 2 fully saturated rings. The summed E-state index contributed by atoms with van der Waals surface area (Å²) in [4.78, 5) is 0. The van der Waals surface area contributed by atoms with E-state index in [0.717, 1.165) is 25.9 Å². The predicted molar refractivity (Wildman–Crippen MR) is 48.5 cm³/mol. The van der Waals surface area contributed by atoms with Crippen LogP contribution in [0.25, 0.3) is 0 Å². The van der Waals surface area contributed by atoms with Crippen LogP contribution < -0.4 is 0 Å². The zero-order valence-corrected chi connectivity index (χ0v) is 8.32. The lowest BCUT2D eigenvalue weighted by atomic mass is 9.94. The van der Waals surface area contributed by atoms with Crippen LogP contribution in [-0.2, 0) is 9.47 Å². The average molecular weight is 186 g/mol. The Bertz CT molecular complexity index is 177. The van der Waals surface area contributed by atoms with E-state index in [-0.39, 0.29) is 17.8 Å². The summed E-state index contributed by atoms with van der Waals surface area (Å²) in [5.41, 5.74) is -0.389. The van der Waals surface area contributed by atoms with Crippen LogP contribution >= 0.6 is 0 Å². The van der Waals surface area contributed by atoms with Gasteiger partial charge in [0, 0.05) is 13.0 Å². The van der Waals surface area contributed by atoms with Gasteiger partial charge in [-0.2, -0.15) is 0 Å². The maximum absolute atomic E-state index is 9.58. The Morgan fingerprint density at radius 2 is 2.23 bits per heavy atom. The number of hydrogen-bond donors (Lipinski definition) is 1. The molecule has 3 nitrogen and oxygen atoms in total. The molecule has 13 heavy (non-hydrogen) atoms. The summed E-state index contributed by atoms with van der Waals surface area (Å²) in [6.45, 7) is 4.61. The summed E-state index contributed by atoms with van der Waals surface area (Å²) in [7, 11) is 0. The highest BCUT2D eigenvalue weighted by Gasteiger charge is 2.47. The Balaban J connectivity index is 2.05. The minimum Gasteiger partial charge on any atom is -0.390 e. The van der Waals surface area contributed by atoms with Crippen molar-refractivity contribution < 1.29 is 14.6 Å². The van der Waals surface area contributed by atoms with E-state index in [2.05, 4.69) is 0 Å². The van der Waals surface area contributed by atoms with Crippen molar-refractivity contribution in [2.45, 2.75) is 57.0 Å². The molecule has 0 aromatic rings. The fourth-order valence-electron chi connectivity index (χ4n) is 2.20. The summed E-state index contributed by atoms with van der Waals surface area (Å²) >= 11 is 0. The van der Waals surface area contributed by atoms with Crippen molar-refractivity contribution in [2.24, 2.45) is 0 Å². The number of fused-ring (bicyclic) bond motifs is 1. The number of rotatable bonds is 1. The van der Waals surface area contributed by atoms with Crippen molar-refractivity contribution in [3.8, 4) is 0 Å². The standard InChI is InChI=1S/C10H18O3/c1-7(11)10(2)6-9-8(13-10)4-3-5-12-9/h7-9,11H,3-6H2,1-2H3/t7-,8?,9?,10-/m0/s1. The summed E-state index contributed by atoms with van der Waals surface area (Å²) in [6.07, 6.45) is 3.00. The summed E-state index contributed by atoms with van der Waals surface area (Å²) < 4.78 is 11.5. The van der Waals surface area contributed by atoms with E-state index in [0.29, 0.717) is 0 Å². The molecule has 0 aromatic carbocycles. The fourth-order valence-corrected chi connectivity index (χ4v) is 2.20. The molecular weight excluding hydrogens is 168 g/mol. The van der Waals surface area contributed by atoms with Gasteiger partial charge in [0.1, 0.15) is 0 Å². The summed E-state index contributed by atoms with van der Waals surface area (Å²) in [5.74, 6) is 0. The Labute approximate surface area is 79.0 Å². The van der Waals surface area contributed by atoms with Crippen LogP contribution in [0.5, 0.6) is 0 Å². The topological polar surface area (TPSA) is 38.7 Å². The minimum absolute atomic E-state index is 0.216. The zero-order chi connectivity index (χ0) is 9.47. The fraction of sp³-hybridized carbons (Fsp3) is 1.00. The zero-order valence-electron chi connectivity index (χ0n) is 8.32. The first-order valence-electron chi connectivity index (χ1n) is 5.09. The Hall–Kier alpha value is -0.120. The van der Waals surface area contributed by atoms with Crippen molar-refractivity contribution in [3.63, 3.8) is 0 Å². The van der Waals surface area contributed by atoms with Crippen LogP contribution in [0.1, 0.15) is 33.1 Å². The lowest BCUT2D eigenvalue weighted by Gasteiger charge is -2.27. The first-order valence-corrected chi connectivity index (χ1v) is 5.09.